The summed E-state index contributed by atoms with van der Waals surface area (Å²) in [6.45, 7) is 4.37. The van der Waals surface area contributed by atoms with Gasteiger partial charge in [-0.25, -0.2) is 4.98 Å². The van der Waals surface area contributed by atoms with E-state index in [1.165, 1.54) is 12.8 Å². The van der Waals surface area contributed by atoms with E-state index in [-0.39, 0.29) is 5.91 Å². The number of amides is 1. The molecule has 1 aromatic rings. The maximum atomic E-state index is 12.7. The van der Waals surface area contributed by atoms with Gasteiger partial charge in [-0.15, -0.1) is 0 Å². The van der Waals surface area contributed by atoms with Crippen molar-refractivity contribution in [2.24, 2.45) is 5.92 Å². The maximum Gasteiger partial charge on any atom is 0.254 e. The van der Waals surface area contributed by atoms with E-state index in [1.807, 2.05) is 18.0 Å². The molecular weight excluding hydrogens is 284 g/mol. The van der Waals surface area contributed by atoms with E-state index in [9.17, 15) is 4.79 Å². The second kappa shape index (κ2) is 7.26. The van der Waals surface area contributed by atoms with Crippen LogP contribution in [0.1, 0.15) is 62.0 Å². The van der Waals surface area contributed by atoms with E-state index in [2.05, 4.69) is 18.8 Å². The molecule has 0 bridgehead atoms. The van der Waals surface area contributed by atoms with Crippen molar-refractivity contribution in [3.63, 3.8) is 0 Å². The van der Waals surface area contributed by atoms with Crippen LogP contribution in [0.15, 0.2) is 12.1 Å². The zero-order valence-corrected chi connectivity index (χ0v) is 14.0. The summed E-state index contributed by atoms with van der Waals surface area (Å²) in [6, 6.07) is 3.93. The molecule has 4 heteroatoms. The standard InChI is InChI=1S/C17H25ClN2O/c1-4-6-14-10-13(11-16(18)19-14)17(21)20(3)15-8-5-7-12(2)9-15/h10-12,15H,4-9H2,1-3H3. The van der Waals surface area contributed by atoms with Crippen LogP contribution >= 0.6 is 11.6 Å². The van der Waals surface area contributed by atoms with Crippen LogP contribution in [0, 0.1) is 5.92 Å². The van der Waals surface area contributed by atoms with Gasteiger partial charge in [0.25, 0.3) is 5.91 Å². The lowest BCUT2D eigenvalue weighted by Crippen LogP contribution is -2.39. The number of pyridine rings is 1. The molecule has 1 aliphatic carbocycles. The lowest BCUT2D eigenvalue weighted by molar-refractivity contribution is 0.0672. The molecule has 3 nitrogen and oxygen atoms in total. The molecule has 1 fully saturated rings. The van der Waals surface area contributed by atoms with Crippen molar-refractivity contribution in [3.05, 3.63) is 28.5 Å². The molecule has 2 rings (SSSR count). The fourth-order valence-electron chi connectivity index (χ4n) is 3.18. The van der Waals surface area contributed by atoms with Crippen LogP contribution in [0.5, 0.6) is 0 Å². The van der Waals surface area contributed by atoms with Crippen LogP contribution in [-0.4, -0.2) is 28.9 Å². The quantitative estimate of drug-likeness (QED) is 0.775. The van der Waals surface area contributed by atoms with Crippen molar-refractivity contribution in [2.45, 2.75) is 58.4 Å². The Morgan fingerprint density at radius 1 is 1.43 bits per heavy atom. The molecule has 21 heavy (non-hydrogen) atoms. The van der Waals surface area contributed by atoms with Crippen LogP contribution in [0.4, 0.5) is 0 Å². The summed E-state index contributed by atoms with van der Waals surface area (Å²) in [5, 5.41) is 0.412. The van der Waals surface area contributed by atoms with Crippen LogP contribution in [0.25, 0.3) is 0 Å². The van der Waals surface area contributed by atoms with Gasteiger partial charge in [0.1, 0.15) is 5.15 Å². The molecular formula is C17H25ClN2O. The highest BCUT2D eigenvalue weighted by Crippen LogP contribution is 2.27. The van der Waals surface area contributed by atoms with Crippen LogP contribution < -0.4 is 0 Å². The van der Waals surface area contributed by atoms with Crippen molar-refractivity contribution in [3.8, 4) is 0 Å². The first-order valence-corrected chi connectivity index (χ1v) is 8.32. The third-order valence-corrected chi connectivity index (χ3v) is 4.57. The lowest BCUT2D eigenvalue weighted by Gasteiger charge is -2.34. The molecule has 0 saturated heterocycles. The van der Waals surface area contributed by atoms with Crippen molar-refractivity contribution in [1.82, 2.24) is 9.88 Å². The number of nitrogens with zero attached hydrogens (tertiary/aromatic N) is 2. The second-order valence-electron chi connectivity index (χ2n) is 6.26. The lowest BCUT2D eigenvalue weighted by atomic mass is 9.86. The van der Waals surface area contributed by atoms with Crippen LogP contribution in [0.2, 0.25) is 5.15 Å². The normalized spacial score (nSPS) is 22.1. The summed E-state index contributed by atoms with van der Waals surface area (Å²) >= 11 is 6.06. The number of aryl methyl sites for hydroxylation is 1. The van der Waals surface area contributed by atoms with Crippen molar-refractivity contribution < 1.29 is 4.79 Å². The average molecular weight is 309 g/mol. The van der Waals surface area contributed by atoms with Gasteiger partial charge in [0.15, 0.2) is 0 Å². The number of hydrogen-bond acceptors (Lipinski definition) is 2. The molecule has 1 aromatic heterocycles. The molecule has 2 atom stereocenters. The van der Waals surface area contributed by atoms with Gasteiger partial charge in [-0.3, -0.25) is 4.79 Å². The zero-order chi connectivity index (χ0) is 15.4. The SMILES string of the molecule is CCCc1cc(C(=O)N(C)C2CCCC(C)C2)cc(Cl)n1. The van der Waals surface area contributed by atoms with Gasteiger partial charge < -0.3 is 4.90 Å². The maximum absolute atomic E-state index is 12.7. The van der Waals surface area contributed by atoms with Gasteiger partial charge in [0.05, 0.1) is 0 Å². The molecule has 0 spiro atoms. The Balaban J connectivity index is 2.14. The van der Waals surface area contributed by atoms with E-state index in [1.54, 1.807) is 6.07 Å². The molecule has 0 aromatic carbocycles. The second-order valence-corrected chi connectivity index (χ2v) is 6.65. The van der Waals surface area contributed by atoms with Gasteiger partial charge in [0, 0.05) is 24.3 Å². The minimum Gasteiger partial charge on any atom is -0.339 e. The van der Waals surface area contributed by atoms with Crippen molar-refractivity contribution in [1.29, 1.82) is 0 Å². The van der Waals surface area contributed by atoms with E-state index in [4.69, 9.17) is 11.6 Å². The summed E-state index contributed by atoms with van der Waals surface area (Å²) in [5.41, 5.74) is 1.57. The predicted octanol–water partition coefficient (Wildman–Crippen LogP) is 4.34. The van der Waals surface area contributed by atoms with Crippen LogP contribution in [0.3, 0.4) is 0 Å². The van der Waals surface area contributed by atoms with E-state index < -0.39 is 0 Å². The van der Waals surface area contributed by atoms with Crippen molar-refractivity contribution in [2.75, 3.05) is 7.05 Å². The molecule has 116 valence electrons. The average Bonchev–Trinajstić information content (AvgIpc) is 2.45. The number of aromatic nitrogens is 1. The topological polar surface area (TPSA) is 33.2 Å². The number of carbonyl (C=O) groups excluding carboxylic acids is 1. The monoisotopic (exact) mass is 308 g/mol. The molecule has 0 aliphatic heterocycles. The first kappa shape index (κ1) is 16.3. The van der Waals surface area contributed by atoms with Gasteiger partial charge >= 0.3 is 0 Å². The fourth-order valence-corrected chi connectivity index (χ4v) is 3.41. The third-order valence-electron chi connectivity index (χ3n) is 4.38. The first-order chi connectivity index (χ1) is 10.0. The fraction of sp³-hybridized carbons (Fsp3) is 0.647. The largest absolute Gasteiger partial charge is 0.339 e. The Bertz CT molecular complexity index is 504. The third kappa shape index (κ3) is 4.19. The molecule has 0 radical (unpaired) electrons. The summed E-state index contributed by atoms with van der Waals surface area (Å²) in [5.74, 6) is 0.770. The van der Waals surface area contributed by atoms with Gasteiger partial charge in [-0.1, -0.05) is 44.7 Å². The van der Waals surface area contributed by atoms with E-state index in [0.29, 0.717) is 22.7 Å². The summed E-state index contributed by atoms with van der Waals surface area (Å²) in [6.07, 6.45) is 6.54. The Morgan fingerprint density at radius 3 is 2.86 bits per heavy atom. The molecule has 0 N–H and O–H groups in total. The number of hydrogen-bond donors (Lipinski definition) is 0. The smallest absolute Gasteiger partial charge is 0.254 e. The Morgan fingerprint density at radius 2 is 2.19 bits per heavy atom. The minimum atomic E-state index is 0.0655. The number of carbonyl (C=O) groups is 1. The van der Waals surface area contributed by atoms with Gasteiger partial charge in [-0.05, 0) is 37.3 Å². The summed E-state index contributed by atoms with van der Waals surface area (Å²) in [4.78, 5) is 18.9. The highest BCUT2D eigenvalue weighted by atomic mass is 35.5. The first-order valence-electron chi connectivity index (χ1n) is 7.95. The molecule has 2 unspecified atom stereocenters. The predicted molar refractivity (Wildman–Crippen MR) is 86.8 cm³/mol. The highest BCUT2D eigenvalue weighted by molar-refractivity contribution is 6.29. The minimum absolute atomic E-state index is 0.0655. The molecule has 1 aliphatic rings. The Hall–Kier alpha value is -1.09. The van der Waals surface area contributed by atoms with E-state index >= 15 is 0 Å². The molecule has 1 saturated carbocycles. The number of halogens is 1. The van der Waals surface area contributed by atoms with Gasteiger partial charge in [-0.2, -0.15) is 0 Å². The molecule has 1 amide bonds. The molecule has 1 heterocycles. The van der Waals surface area contributed by atoms with E-state index in [0.717, 1.165) is 31.4 Å². The van der Waals surface area contributed by atoms with Gasteiger partial charge in [0.2, 0.25) is 0 Å². The zero-order valence-electron chi connectivity index (χ0n) is 13.2. The summed E-state index contributed by atoms with van der Waals surface area (Å²) in [7, 11) is 1.92. The Labute approximate surface area is 132 Å². The summed E-state index contributed by atoms with van der Waals surface area (Å²) < 4.78 is 0. The Kier molecular flexibility index (Phi) is 5.63. The number of rotatable bonds is 4. The van der Waals surface area contributed by atoms with Crippen molar-refractivity contribution >= 4 is 17.5 Å². The van der Waals surface area contributed by atoms with Crippen LogP contribution in [-0.2, 0) is 6.42 Å². The highest BCUT2D eigenvalue weighted by Gasteiger charge is 2.26.